The lowest BCUT2D eigenvalue weighted by molar-refractivity contribution is -0.384. The summed E-state index contributed by atoms with van der Waals surface area (Å²) in [6.07, 6.45) is 0.694. The number of rotatable bonds is 12. The number of halogens is 1. The number of carbonyl (C=O) groups is 1. The zero-order chi connectivity index (χ0) is 25.3. The lowest BCUT2D eigenvalue weighted by Crippen LogP contribution is -2.41. The Hall–Kier alpha value is -3.08. The molecule has 35 heavy (non-hydrogen) atoms. The quantitative estimate of drug-likeness (QED) is 0.202. The Kier molecular flexibility index (Phi) is 9.53. The number of nitro groups is 1. The minimum Gasteiger partial charge on any atom is -0.354 e. The molecule has 3 aromatic carbocycles. The number of hydrogen-bond acceptors (Lipinski definition) is 6. The molecule has 0 aromatic heterocycles. The van der Waals surface area contributed by atoms with Crippen molar-refractivity contribution in [3.8, 4) is 0 Å². The summed E-state index contributed by atoms with van der Waals surface area (Å²) >= 11 is 7.69. The van der Waals surface area contributed by atoms with E-state index in [0.717, 1.165) is 27.4 Å². The van der Waals surface area contributed by atoms with E-state index in [9.17, 15) is 23.3 Å². The fourth-order valence-corrected chi connectivity index (χ4v) is 5.76. The second-order valence-electron chi connectivity index (χ2n) is 7.49. The smallest absolute Gasteiger partial charge is 0.271 e. The van der Waals surface area contributed by atoms with Crippen LogP contribution in [0.5, 0.6) is 0 Å². The summed E-state index contributed by atoms with van der Waals surface area (Å²) in [6.45, 7) is -0.135. The Morgan fingerprint density at radius 3 is 2.49 bits per heavy atom. The van der Waals surface area contributed by atoms with E-state index >= 15 is 0 Å². The van der Waals surface area contributed by atoms with Crippen LogP contribution in [-0.2, 0) is 20.6 Å². The van der Waals surface area contributed by atoms with Gasteiger partial charge in [-0.05, 0) is 48.1 Å². The number of non-ortho nitro benzene ring substituents is 1. The summed E-state index contributed by atoms with van der Waals surface area (Å²) in [7, 11) is -4.13. The molecule has 0 unspecified atom stereocenters. The zero-order valence-electron chi connectivity index (χ0n) is 18.7. The van der Waals surface area contributed by atoms with Crippen molar-refractivity contribution in [1.29, 1.82) is 0 Å². The fourth-order valence-electron chi connectivity index (χ4n) is 3.20. The summed E-state index contributed by atoms with van der Waals surface area (Å²) in [5, 5.41) is 14.6. The highest BCUT2D eigenvalue weighted by molar-refractivity contribution is 7.98. The second kappa shape index (κ2) is 12.6. The molecular formula is C24H24ClN3O5S2. The highest BCUT2D eigenvalue weighted by atomic mass is 35.5. The number of carbonyl (C=O) groups excluding carboxylic acids is 1. The van der Waals surface area contributed by atoms with Gasteiger partial charge < -0.3 is 5.32 Å². The monoisotopic (exact) mass is 533 g/mol. The molecule has 11 heteroatoms. The lowest BCUT2D eigenvalue weighted by Gasteiger charge is -2.24. The predicted octanol–water partition coefficient (Wildman–Crippen LogP) is 4.88. The van der Waals surface area contributed by atoms with Crippen LogP contribution < -0.4 is 9.62 Å². The van der Waals surface area contributed by atoms with Crippen LogP contribution in [0.25, 0.3) is 0 Å². The average Bonchev–Trinajstić information content (AvgIpc) is 2.85. The molecule has 0 fully saturated rings. The van der Waals surface area contributed by atoms with E-state index < -0.39 is 27.4 Å². The van der Waals surface area contributed by atoms with Gasteiger partial charge in [-0.1, -0.05) is 48.0 Å². The van der Waals surface area contributed by atoms with Crippen molar-refractivity contribution >= 4 is 50.7 Å². The summed E-state index contributed by atoms with van der Waals surface area (Å²) < 4.78 is 27.5. The molecule has 0 saturated carbocycles. The minimum absolute atomic E-state index is 0.0169. The SMILES string of the molecule is O=C(CN(c1cccc([N+](=O)[O-])c1)S(=O)(=O)c1ccccc1)NCCCSCc1cccc(Cl)c1. The molecule has 0 aliphatic heterocycles. The third-order valence-corrected chi connectivity index (χ3v) is 8.03. The van der Waals surface area contributed by atoms with Crippen molar-refractivity contribution in [2.24, 2.45) is 0 Å². The van der Waals surface area contributed by atoms with Crippen LogP contribution in [0.2, 0.25) is 5.02 Å². The minimum atomic E-state index is -4.13. The van der Waals surface area contributed by atoms with Gasteiger partial charge in [-0.15, -0.1) is 0 Å². The number of sulfonamides is 1. The Labute approximate surface area is 213 Å². The van der Waals surface area contributed by atoms with Gasteiger partial charge in [-0.25, -0.2) is 8.42 Å². The first-order valence-corrected chi connectivity index (χ1v) is 13.7. The first-order chi connectivity index (χ1) is 16.8. The lowest BCUT2D eigenvalue weighted by atomic mass is 10.2. The zero-order valence-corrected chi connectivity index (χ0v) is 21.1. The first-order valence-electron chi connectivity index (χ1n) is 10.7. The normalized spacial score (nSPS) is 11.1. The van der Waals surface area contributed by atoms with Crippen molar-refractivity contribution in [2.45, 2.75) is 17.1 Å². The average molecular weight is 534 g/mol. The molecule has 0 aliphatic rings. The van der Waals surface area contributed by atoms with Gasteiger partial charge in [0.2, 0.25) is 5.91 Å². The first kappa shape index (κ1) is 26.5. The van der Waals surface area contributed by atoms with Gasteiger partial charge >= 0.3 is 0 Å². The van der Waals surface area contributed by atoms with Crippen LogP contribution in [0.15, 0.2) is 83.8 Å². The highest BCUT2D eigenvalue weighted by Crippen LogP contribution is 2.27. The standard InChI is InChI=1S/C24H24ClN3O5S2/c25-20-8-4-7-19(15-20)18-34-14-6-13-26-24(29)17-27(21-9-5-10-22(16-21)28(30)31)35(32,33)23-11-2-1-3-12-23/h1-5,7-12,15-16H,6,13-14,17-18H2,(H,26,29). The Morgan fingerprint density at radius 2 is 1.77 bits per heavy atom. The number of amides is 1. The predicted molar refractivity (Wildman–Crippen MR) is 139 cm³/mol. The molecule has 0 aliphatic carbocycles. The Bertz CT molecular complexity index is 1270. The van der Waals surface area contributed by atoms with Crippen LogP contribution in [0, 0.1) is 10.1 Å². The molecule has 1 N–H and O–H groups in total. The molecule has 184 valence electrons. The van der Waals surface area contributed by atoms with Gasteiger partial charge in [0.15, 0.2) is 0 Å². The topological polar surface area (TPSA) is 110 Å². The maximum absolute atomic E-state index is 13.3. The molecular weight excluding hydrogens is 510 g/mol. The third-order valence-electron chi connectivity index (χ3n) is 4.89. The number of thioether (sulfide) groups is 1. The van der Waals surface area contributed by atoms with Crippen LogP contribution in [0.1, 0.15) is 12.0 Å². The van der Waals surface area contributed by atoms with Crippen LogP contribution in [0.4, 0.5) is 11.4 Å². The van der Waals surface area contributed by atoms with Gasteiger partial charge in [0, 0.05) is 29.5 Å². The molecule has 0 spiro atoms. The number of anilines is 1. The maximum atomic E-state index is 13.3. The van der Waals surface area contributed by atoms with E-state index in [-0.39, 0.29) is 16.3 Å². The fraction of sp³-hybridized carbons (Fsp3) is 0.208. The van der Waals surface area contributed by atoms with Crippen LogP contribution >= 0.6 is 23.4 Å². The van der Waals surface area contributed by atoms with E-state index in [1.807, 2.05) is 24.3 Å². The number of benzene rings is 3. The summed E-state index contributed by atoms with van der Waals surface area (Å²) in [6, 6.07) is 20.5. The van der Waals surface area contributed by atoms with Gasteiger partial charge in [0.25, 0.3) is 15.7 Å². The Morgan fingerprint density at radius 1 is 1.03 bits per heavy atom. The molecule has 0 bridgehead atoms. The summed E-state index contributed by atoms with van der Waals surface area (Å²) in [5.41, 5.74) is 0.883. The number of nitrogens with one attached hydrogen (secondary N) is 1. The second-order valence-corrected chi connectivity index (χ2v) is 10.9. The molecule has 3 rings (SSSR count). The van der Waals surface area contributed by atoms with Crippen molar-refractivity contribution in [1.82, 2.24) is 5.32 Å². The van der Waals surface area contributed by atoms with Gasteiger partial charge in [-0.3, -0.25) is 19.2 Å². The summed E-state index contributed by atoms with van der Waals surface area (Å²) in [5.74, 6) is 1.09. The van der Waals surface area contributed by atoms with Crippen molar-refractivity contribution in [2.75, 3.05) is 23.1 Å². The molecule has 0 radical (unpaired) electrons. The molecule has 0 saturated heterocycles. The molecule has 0 atom stereocenters. The van der Waals surface area contributed by atoms with Crippen molar-refractivity contribution in [3.63, 3.8) is 0 Å². The Balaban J connectivity index is 1.62. The number of nitro benzene ring substituents is 1. The highest BCUT2D eigenvalue weighted by Gasteiger charge is 2.28. The molecule has 8 nitrogen and oxygen atoms in total. The largest absolute Gasteiger partial charge is 0.354 e. The van der Waals surface area contributed by atoms with Crippen molar-refractivity contribution in [3.05, 3.63) is 99.6 Å². The number of hydrogen-bond donors (Lipinski definition) is 1. The third kappa shape index (κ3) is 7.71. The summed E-state index contributed by atoms with van der Waals surface area (Å²) in [4.78, 5) is 23.2. The van der Waals surface area contributed by atoms with Crippen molar-refractivity contribution < 1.29 is 18.1 Å². The number of nitrogens with zero attached hydrogens (tertiary/aromatic N) is 2. The van der Waals surface area contributed by atoms with E-state index in [4.69, 9.17) is 11.6 Å². The van der Waals surface area contributed by atoms with Gasteiger partial charge in [0.1, 0.15) is 6.54 Å². The van der Waals surface area contributed by atoms with Gasteiger partial charge in [0.05, 0.1) is 15.5 Å². The van der Waals surface area contributed by atoms with E-state index in [0.29, 0.717) is 18.0 Å². The van der Waals surface area contributed by atoms with E-state index in [2.05, 4.69) is 5.32 Å². The molecule has 0 heterocycles. The van der Waals surface area contributed by atoms with Crippen LogP contribution in [0.3, 0.4) is 0 Å². The maximum Gasteiger partial charge on any atom is 0.271 e. The molecule has 3 aromatic rings. The van der Waals surface area contributed by atoms with E-state index in [1.165, 1.54) is 30.3 Å². The van der Waals surface area contributed by atoms with E-state index in [1.54, 1.807) is 30.0 Å². The van der Waals surface area contributed by atoms with Crippen LogP contribution in [-0.4, -0.2) is 38.1 Å². The molecule has 1 amide bonds. The van der Waals surface area contributed by atoms with Gasteiger partial charge in [-0.2, -0.15) is 11.8 Å².